The highest BCUT2D eigenvalue weighted by molar-refractivity contribution is 6.17. The fourth-order valence-electron chi connectivity index (χ4n) is 3.05. The van der Waals surface area contributed by atoms with Crippen molar-refractivity contribution in [1.82, 2.24) is 5.32 Å². The Morgan fingerprint density at radius 2 is 1.80 bits per heavy atom. The monoisotopic (exact) mass is 287 g/mol. The first kappa shape index (κ1) is 13.6. The highest BCUT2D eigenvalue weighted by Gasteiger charge is 2.41. The van der Waals surface area contributed by atoms with Gasteiger partial charge in [-0.3, -0.25) is 0 Å². The van der Waals surface area contributed by atoms with Crippen LogP contribution in [0.1, 0.15) is 29.2 Å². The minimum absolute atomic E-state index is 0.111. The molecule has 0 aromatic heterocycles. The molecule has 104 valence electrons. The first-order chi connectivity index (χ1) is 9.75. The number of halogens is 1. The Balaban J connectivity index is 2.04. The van der Waals surface area contributed by atoms with Gasteiger partial charge in [-0.2, -0.15) is 0 Å². The molecule has 0 fully saturated rings. The van der Waals surface area contributed by atoms with E-state index in [2.05, 4.69) is 17.4 Å². The Kier molecular flexibility index (Phi) is 3.79. The fraction of sp³-hybridized carbons (Fsp3) is 0.294. The maximum atomic E-state index is 11.3. The third-order valence-corrected chi connectivity index (χ3v) is 4.28. The van der Waals surface area contributed by atoms with Crippen molar-refractivity contribution in [3.05, 3.63) is 71.3 Å². The lowest BCUT2D eigenvalue weighted by Crippen LogP contribution is -2.39. The average Bonchev–Trinajstić information content (AvgIpc) is 2.93. The minimum atomic E-state index is -0.977. The Morgan fingerprint density at radius 1 is 1.10 bits per heavy atom. The number of aliphatic hydroxyl groups is 1. The predicted molar refractivity (Wildman–Crippen MR) is 81.7 cm³/mol. The molecule has 0 saturated heterocycles. The Morgan fingerprint density at radius 3 is 2.55 bits per heavy atom. The molecule has 20 heavy (non-hydrogen) atoms. The topological polar surface area (TPSA) is 32.3 Å². The van der Waals surface area contributed by atoms with Crippen molar-refractivity contribution in [2.75, 3.05) is 5.88 Å². The molecule has 3 heteroatoms. The maximum Gasteiger partial charge on any atom is 0.110 e. The van der Waals surface area contributed by atoms with Gasteiger partial charge < -0.3 is 10.4 Å². The van der Waals surface area contributed by atoms with E-state index < -0.39 is 5.60 Å². The molecule has 0 spiro atoms. The highest BCUT2D eigenvalue weighted by Crippen LogP contribution is 2.42. The van der Waals surface area contributed by atoms with Gasteiger partial charge in [0.1, 0.15) is 5.60 Å². The second-order valence-electron chi connectivity index (χ2n) is 5.24. The number of alkyl halides is 1. The SMILES string of the molecule is OC(CCCl)(c1ccccc1)C1NCc2ccccc21. The van der Waals surface area contributed by atoms with E-state index in [-0.39, 0.29) is 6.04 Å². The third-order valence-electron chi connectivity index (χ3n) is 4.09. The number of nitrogens with one attached hydrogen (secondary N) is 1. The zero-order chi connectivity index (χ0) is 14.0. The van der Waals surface area contributed by atoms with Gasteiger partial charge in [0.15, 0.2) is 0 Å². The molecule has 2 unspecified atom stereocenters. The lowest BCUT2D eigenvalue weighted by molar-refractivity contribution is -0.00440. The van der Waals surface area contributed by atoms with Gasteiger partial charge in [-0.1, -0.05) is 54.6 Å². The molecule has 1 aliphatic heterocycles. The lowest BCUT2D eigenvalue weighted by atomic mass is 9.81. The number of benzene rings is 2. The summed E-state index contributed by atoms with van der Waals surface area (Å²) in [5, 5.41) is 14.7. The van der Waals surface area contributed by atoms with Crippen LogP contribution in [0.25, 0.3) is 0 Å². The summed E-state index contributed by atoms with van der Waals surface area (Å²) in [6.07, 6.45) is 0.518. The summed E-state index contributed by atoms with van der Waals surface area (Å²) in [5.74, 6) is 0.422. The second kappa shape index (κ2) is 5.57. The summed E-state index contributed by atoms with van der Waals surface area (Å²) < 4.78 is 0. The molecule has 3 rings (SSSR count). The summed E-state index contributed by atoms with van der Waals surface area (Å²) in [6, 6.07) is 17.9. The first-order valence-corrected chi connectivity index (χ1v) is 7.44. The fourth-order valence-corrected chi connectivity index (χ4v) is 3.34. The molecule has 2 aromatic rings. The van der Waals surface area contributed by atoms with Crippen LogP contribution in [0, 0.1) is 0 Å². The summed E-state index contributed by atoms with van der Waals surface area (Å²) in [4.78, 5) is 0. The van der Waals surface area contributed by atoms with Crippen molar-refractivity contribution >= 4 is 11.6 Å². The molecular weight excluding hydrogens is 270 g/mol. The van der Waals surface area contributed by atoms with E-state index in [1.54, 1.807) is 0 Å². The van der Waals surface area contributed by atoms with Crippen LogP contribution in [0.4, 0.5) is 0 Å². The van der Waals surface area contributed by atoms with E-state index in [0.717, 1.165) is 12.1 Å². The number of hydrogen-bond acceptors (Lipinski definition) is 2. The summed E-state index contributed by atoms with van der Waals surface area (Å²) in [5.41, 5.74) is 2.36. The van der Waals surface area contributed by atoms with Crippen molar-refractivity contribution < 1.29 is 5.11 Å². The van der Waals surface area contributed by atoms with Gasteiger partial charge in [-0.05, 0) is 23.1 Å². The van der Waals surface area contributed by atoms with Gasteiger partial charge in [0.2, 0.25) is 0 Å². The molecule has 2 atom stereocenters. The third kappa shape index (κ3) is 2.24. The first-order valence-electron chi connectivity index (χ1n) is 6.91. The van der Waals surface area contributed by atoms with Crippen LogP contribution in [0.2, 0.25) is 0 Å². The van der Waals surface area contributed by atoms with Gasteiger partial charge >= 0.3 is 0 Å². The van der Waals surface area contributed by atoms with Crippen molar-refractivity contribution in [1.29, 1.82) is 0 Å². The zero-order valence-electron chi connectivity index (χ0n) is 11.2. The van der Waals surface area contributed by atoms with E-state index in [1.165, 1.54) is 11.1 Å². The van der Waals surface area contributed by atoms with Crippen LogP contribution in [-0.4, -0.2) is 11.0 Å². The van der Waals surface area contributed by atoms with Crippen LogP contribution < -0.4 is 5.32 Å². The molecular formula is C17H18ClNO. The van der Waals surface area contributed by atoms with Gasteiger partial charge in [0, 0.05) is 12.4 Å². The molecule has 0 saturated carbocycles. The summed E-state index contributed by atoms with van der Waals surface area (Å²) in [6.45, 7) is 0.790. The van der Waals surface area contributed by atoms with Gasteiger partial charge in [0.05, 0.1) is 6.04 Å². The summed E-state index contributed by atoms with van der Waals surface area (Å²) >= 11 is 5.95. The van der Waals surface area contributed by atoms with E-state index in [1.807, 2.05) is 42.5 Å². The molecule has 0 amide bonds. The maximum absolute atomic E-state index is 11.3. The Bertz CT molecular complexity index is 587. The molecule has 0 radical (unpaired) electrons. The Hall–Kier alpha value is -1.35. The van der Waals surface area contributed by atoms with E-state index in [9.17, 15) is 5.11 Å². The van der Waals surface area contributed by atoms with Crippen LogP contribution in [0.5, 0.6) is 0 Å². The second-order valence-corrected chi connectivity index (χ2v) is 5.62. The molecule has 0 aliphatic carbocycles. The number of hydrogen-bond donors (Lipinski definition) is 2. The Labute approximate surface area is 124 Å². The highest BCUT2D eigenvalue weighted by atomic mass is 35.5. The lowest BCUT2D eigenvalue weighted by Gasteiger charge is -2.35. The minimum Gasteiger partial charge on any atom is -0.383 e. The average molecular weight is 288 g/mol. The van der Waals surface area contributed by atoms with Crippen LogP contribution in [0.3, 0.4) is 0 Å². The molecule has 1 heterocycles. The normalized spacial score (nSPS) is 20.4. The van der Waals surface area contributed by atoms with Crippen molar-refractivity contribution in [3.63, 3.8) is 0 Å². The molecule has 2 aromatic carbocycles. The van der Waals surface area contributed by atoms with Crippen LogP contribution >= 0.6 is 11.6 Å². The molecule has 2 nitrogen and oxygen atoms in total. The van der Waals surface area contributed by atoms with Crippen LogP contribution in [-0.2, 0) is 12.1 Å². The van der Waals surface area contributed by atoms with Gasteiger partial charge in [0.25, 0.3) is 0 Å². The van der Waals surface area contributed by atoms with Crippen molar-refractivity contribution in [2.45, 2.75) is 24.6 Å². The molecule has 1 aliphatic rings. The standard InChI is InChI=1S/C17H18ClNO/c18-11-10-17(20,14-7-2-1-3-8-14)16-15-9-5-4-6-13(15)12-19-16/h1-9,16,19-20H,10-12H2. The summed E-state index contributed by atoms with van der Waals surface area (Å²) in [7, 11) is 0. The van der Waals surface area contributed by atoms with Crippen molar-refractivity contribution in [3.8, 4) is 0 Å². The predicted octanol–water partition coefficient (Wildman–Crippen LogP) is 3.35. The number of rotatable bonds is 4. The quantitative estimate of drug-likeness (QED) is 0.845. The number of fused-ring (bicyclic) bond motifs is 1. The smallest absolute Gasteiger partial charge is 0.110 e. The van der Waals surface area contributed by atoms with Gasteiger partial charge in [-0.15, -0.1) is 11.6 Å². The largest absolute Gasteiger partial charge is 0.383 e. The van der Waals surface area contributed by atoms with E-state index >= 15 is 0 Å². The van der Waals surface area contributed by atoms with Crippen molar-refractivity contribution in [2.24, 2.45) is 0 Å². The van der Waals surface area contributed by atoms with Crippen LogP contribution in [0.15, 0.2) is 54.6 Å². The molecule has 2 N–H and O–H groups in total. The van der Waals surface area contributed by atoms with Gasteiger partial charge in [-0.25, -0.2) is 0 Å². The van der Waals surface area contributed by atoms with E-state index in [0.29, 0.717) is 12.3 Å². The zero-order valence-corrected chi connectivity index (χ0v) is 12.0. The molecule has 0 bridgehead atoms. The van der Waals surface area contributed by atoms with E-state index in [4.69, 9.17) is 11.6 Å².